The van der Waals surface area contributed by atoms with Gasteiger partial charge in [-0.25, -0.2) is 0 Å². The monoisotopic (exact) mass is 583 g/mol. The summed E-state index contributed by atoms with van der Waals surface area (Å²) in [6.45, 7) is 7.31. The topological polar surface area (TPSA) is 80.3 Å². The lowest BCUT2D eigenvalue weighted by Gasteiger charge is -2.31. The van der Waals surface area contributed by atoms with Gasteiger partial charge in [0.15, 0.2) is 6.29 Å². The number of nitrogens with zero attached hydrogens (tertiary/aromatic N) is 2. The van der Waals surface area contributed by atoms with Gasteiger partial charge in [-0.05, 0) is 105 Å². The van der Waals surface area contributed by atoms with Gasteiger partial charge in [-0.2, -0.15) is 0 Å². The molecule has 2 aliphatic heterocycles. The summed E-state index contributed by atoms with van der Waals surface area (Å²) in [5, 5.41) is 3.06. The highest BCUT2D eigenvalue weighted by Crippen LogP contribution is 2.33. The van der Waals surface area contributed by atoms with Crippen molar-refractivity contribution in [3.63, 3.8) is 0 Å². The van der Waals surface area contributed by atoms with E-state index >= 15 is 0 Å². The normalized spacial score (nSPS) is 16.2. The van der Waals surface area contributed by atoms with E-state index in [0.717, 1.165) is 72.8 Å². The molecule has 2 aliphatic rings. The molecule has 5 rings (SSSR count). The van der Waals surface area contributed by atoms with Crippen LogP contribution in [-0.2, 0) is 25.6 Å². The predicted molar refractivity (Wildman–Crippen MR) is 170 cm³/mol. The number of rotatable bonds is 11. The van der Waals surface area contributed by atoms with Gasteiger partial charge in [-0.15, -0.1) is 0 Å². The Morgan fingerprint density at radius 1 is 1.07 bits per heavy atom. The molecule has 0 radical (unpaired) electrons. The second kappa shape index (κ2) is 14.5. The first-order chi connectivity index (χ1) is 20.9. The highest BCUT2D eigenvalue weighted by molar-refractivity contribution is 6.08. The maximum absolute atomic E-state index is 13.4. The Hall–Kier alpha value is -3.98. The van der Waals surface area contributed by atoms with E-state index in [4.69, 9.17) is 14.2 Å². The Balaban J connectivity index is 1.28. The first-order valence-electron chi connectivity index (χ1n) is 15.1. The SMILES string of the molecule is CCOC(C)Oc1ccc(-c2ccc3c(c2)C=C(C(=O)Nc2ccc(CN(C)C4CCOCC4)cc2)CCN3C=O)cc1. The number of hydrogen-bond donors (Lipinski definition) is 1. The fraction of sp³-hybridized carbons (Fsp3) is 0.371. The smallest absolute Gasteiger partial charge is 0.251 e. The maximum atomic E-state index is 13.4. The van der Waals surface area contributed by atoms with Crippen LogP contribution < -0.4 is 15.0 Å². The molecule has 8 heteroatoms. The zero-order chi connectivity index (χ0) is 30.2. The Kier molecular flexibility index (Phi) is 10.3. The molecule has 0 saturated carbocycles. The van der Waals surface area contributed by atoms with Crippen LogP contribution in [-0.4, -0.2) is 63.0 Å². The Morgan fingerprint density at radius 3 is 2.49 bits per heavy atom. The molecule has 1 N–H and O–H groups in total. The summed E-state index contributed by atoms with van der Waals surface area (Å²) in [5.41, 5.74) is 6.16. The Bertz CT molecular complexity index is 1410. The molecule has 3 aromatic carbocycles. The van der Waals surface area contributed by atoms with Gasteiger partial charge in [-0.3, -0.25) is 14.5 Å². The van der Waals surface area contributed by atoms with E-state index in [1.165, 1.54) is 5.56 Å². The molecular formula is C35H41N3O5. The van der Waals surface area contributed by atoms with Gasteiger partial charge in [0.2, 0.25) is 6.41 Å². The first-order valence-corrected chi connectivity index (χ1v) is 15.1. The highest BCUT2D eigenvalue weighted by atomic mass is 16.7. The number of carbonyl (C=O) groups excluding carboxylic acids is 2. The molecule has 1 saturated heterocycles. The van der Waals surface area contributed by atoms with Gasteiger partial charge in [-0.1, -0.05) is 30.3 Å². The summed E-state index contributed by atoms with van der Waals surface area (Å²) in [7, 11) is 2.16. The molecule has 2 amide bonds. The number of carbonyl (C=O) groups is 2. The summed E-state index contributed by atoms with van der Waals surface area (Å²) < 4.78 is 16.7. The largest absolute Gasteiger partial charge is 0.465 e. The summed E-state index contributed by atoms with van der Waals surface area (Å²) in [5.74, 6) is 0.561. The molecule has 2 heterocycles. The molecule has 1 fully saturated rings. The van der Waals surface area contributed by atoms with Crippen molar-refractivity contribution < 1.29 is 23.8 Å². The number of ether oxygens (including phenoxy) is 3. The van der Waals surface area contributed by atoms with Crippen molar-refractivity contribution in [2.45, 2.75) is 52.0 Å². The molecule has 3 aromatic rings. The van der Waals surface area contributed by atoms with Crippen molar-refractivity contribution in [2.24, 2.45) is 0 Å². The highest BCUT2D eigenvalue weighted by Gasteiger charge is 2.21. The summed E-state index contributed by atoms with van der Waals surface area (Å²) >= 11 is 0. The van der Waals surface area contributed by atoms with Gasteiger partial charge in [0.25, 0.3) is 5.91 Å². The number of hydrogen-bond acceptors (Lipinski definition) is 6. The van der Waals surface area contributed by atoms with E-state index in [1.807, 2.05) is 74.5 Å². The lowest BCUT2D eigenvalue weighted by Crippen LogP contribution is -2.36. The van der Waals surface area contributed by atoms with Crippen molar-refractivity contribution in [1.29, 1.82) is 0 Å². The number of fused-ring (bicyclic) bond motifs is 1. The van der Waals surface area contributed by atoms with E-state index in [-0.39, 0.29) is 12.2 Å². The molecule has 1 atom stereocenters. The molecule has 43 heavy (non-hydrogen) atoms. The number of anilines is 2. The lowest BCUT2D eigenvalue weighted by atomic mass is 10.00. The average Bonchev–Trinajstić information content (AvgIpc) is 3.22. The van der Waals surface area contributed by atoms with Gasteiger partial charge < -0.3 is 24.4 Å². The van der Waals surface area contributed by atoms with E-state index in [0.29, 0.717) is 31.2 Å². The maximum Gasteiger partial charge on any atom is 0.251 e. The van der Waals surface area contributed by atoms with Crippen LogP contribution in [0, 0.1) is 0 Å². The van der Waals surface area contributed by atoms with Crippen LogP contribution in [0.4, 0.5) is 11.4 Å². The van der Waals surface area contributed by atoms with Crippen molar-refractivity contribution in [3.05, 3.63) is 83.4 Å². The van der Waals surface area contributed by atoms with Gasteiger partial charge in [0.05, 0.1) is 5.69 Å². The van der Waals surface area contributed by atoms with Gasteiger partial charge in [0.1, 0.15) is 5.75 Å². The third-order valence-corrected chi connectivity index (χ3v) is 8.06. The number of amides is 2. The quantitative estimate of drug-likeness (QED) is 0.217. The standard InChI is InChI=1S/C35H41N3O5/c1-4-42-25(2)43-33-12-7-27(8-13-33)28-9-14-34-30(21-28)22-29(15-18-38(34)24-39)35(40)36-31-10-5-26(6-11-31)23-37(3)32-16-19-41-20-17-32/h5-14,21-22,24-25,32H,4,15-20,23H2,1-3H3,(H,36,40). The third kappa shape index (κ3) is 7.90. The van der Waals surface area contributed by atoms with E-state index in [2.05, 4.69) is 29.4 Å². The van der Waals surface area contributed by atoms with Crippen LogP contribution in [0.1, 0.15) is 44.2 Å². The van der Waals surface area contributed by atoms with Crippen LogP contribution in [0.2, 0.25) is 0 Å². The van der Waals surface area contributed by atoms with Crippen molar-refractivity contribution >= 4 is 29.8 Å². The van der Waals surface area contributed by atoms with E-state index in [9.17, 15) is 9.59 Å². The fourth-order valence-corrected chi connectivity index (χ4v) is 5.66. The summed E-state index contributed by atoms with van der Waals surface area (Å²) in [6.07, 6.45) is 4.97. The van der Waals surface area contributed by atoms with E-state index in [1.54, 1.807) is 4.90 Å². The molecular weight excluding hydrogens is 542 g/mol. The Morgan fingerprint density at radius 2 is 1.79 bits per heavy atom. The summed E-state index contributed by atoms with van der Waals surface area (Å²) in [4.78, 5) is 29.4. The fourth-order valence-electron chi connectivity index (χ4n) is 5.66. The van der Waals surface area contributed by atoms with E-state index < -0.39 is 0 Å². The predicted octanol–water partition coefficient (Wildman–Crippen LogP) is 6.11. The molecule has 0 aromatic heterocycles. The minimum absolute atomic E-state index is 0.166. The van der Waals surface area contributed by atoms with Gasteiger partial charge in [0, 0.05) is 50.2 Å². The summed E-state index contributed by atoms with van der Waals surface area (Å²) in [6, 6.07) is 22.3. The molecule has 0 spiro atoms. The van der Waals surface area contributed by atoms with Crippen LogP contribution in [0.3, 0.4) is 0 Å². The zero-order valence-corrected chi connectivity index (χ0v) is 25.3. The Labute approximate surface area is 254 Å². The second-order valence-electron chi connectivity index (χ2n) is 11.1. The average molecular weight is 584 g/mol. The molecule has 0 bridgehead atoms. The molecule has 1 unspecified atom stereocenters. The minimum Gasteiger partial charge on any atom is -0.465 e. The van der Waals surface area contributed by atoms with Crippen LogP contribution >= 0.6 is 0 Å². The van der Waals surface area contributed by atoms with Crippen LogP contribution in [0.15, 0.2) is 72.3 Å². The number of benzene rings is 3. The molecule has 0 aliphatic carbocycles. The van der Waals surface area contributed by atoms with Crippen LogP contribution in [0.25, 0.3) is 17.2 Å². The second-order valence-corrected chi connectivity index (χ2v) is 11.1. The minimum atomic E-state index is -0.325. The van der Waals surface area contributed by atoms with Crippen LogP contribution in [0.5, 0.6) is 5.75 Å². The molecule has 226 valence electrons. The van der Waals surface area contributed by atoms with Crippen molar-refractivity contribution in [3.8, 4) is 16.9 Å². The van der Waals surface area contributed by atoms with Gasteiger partial charge >= 0.3 is 0 Å². The third-order valence-electron chi connectivity index (χ3n) is 8.06. The lowest BCUT2D eigenvalue weighted by molar-refractivity contribution is -0.113. The first kappa shape index (κ1) is 30.5. The van der Waals surface area contributed by atoms with Crippen molar-refractivity contribution in [2.75, 3.05) is 43.6 Å². The number of nitrogens with one attached hydrogen (secondary N) is 1. The zero-order valence-electron chi connectivity index (χ0n) is 25.3. The molecule has 8 nitrogen and oxygen atoms in total. The van der Waals surface area contributed by atoms with Crippen molar-refractivity contribution in [1.82, 2.24) is 4.90 Å².